The summed E-state index contributed by atoms with van der Waals surface area (Å²) in [6, 6.07) is 18.2. The molecule has 0 spiro atoms. The molecule has 0 atom stereocenters. The van der Waals surface area contributed by atoms with Gasteiger partial charge in [-0.25, -0.2) is 4.79 Å². The van der Waals surface area contributed by atoms with Crippen molar-refractivity contribution in [1.29, 1.82) is 0 Å². The van der Waals surface area contributed by atoms with Crippen molar-refractivity contribution in [3.63, 3.8) is 0 Å². The van der Waals surface area contributed by atoms with Crippen molar-refractivity contribution in [1.82, 2.24) is 0 Å². The molecule has 1 amide bonds. The minimum atomic E-state index is -0.425. The van der Waals surface area contributed by atoms with Crippen LogP contribution in [-0.4, -0.2) is 18.1 Å². The second-order valence-corrected chi connectivity index (χ2v) is 7.26. The van der Waals surface area contributed by atoms with Crippen LogP contribution in [0.1, 0.15) is 25.6 Å². The highest BCUT2D eigenvalue weighted by molar-refractivity contribution is 7.98. The lowest BCUT2D eigenvalue weighted by Gasteiger charge is -2.08. The summed E-state index contributed by atoms with van der Waals surface area (Å²) in [4.78, 5) is 26.2. The smallest absolute Gasteiger partial charge is 0.338 e. The second-order valence-electron chi connectivity index (χ2n) is 5.44. The molecule has 0 fully saturated rings. The molecule has 1 heterocycles. The lowest BCUT2D eigenvalue weighted by Crippen LogP contribution is -2.11. The zero-order valence-electron chi connectivity index (χ0n) is 14.1. The predicted octanol–water partition coefficient (Wildman–Crippen LogP) is 5.08. The summed E-state index contributed by atoms with van der Waals surface area (Å²) < 4.78 is 5.36. The molecule has 6 heteroatoms. The number of hydrogen-bond donors (Lipinski definition) is 1. The minimum absolute atomic E-state index is 0.195. The van der Waals surface area contributed by atoms with Crippen LogP contribution in [0.25, 0.3) is 0 Å². The molecule has 0 radical (unpaired) electrons. The second kappa shape index (κ2) is 8.69. The fourth-order valence-electron chi connectivity index (χ4n) is 2.28. The molecule has 0 aliphatic heterocycles. The maximum atomic E-state index is 12.3. The van der Waals surface area contributed by atoms with Gasteiger partial charge in [0.25, 0.3) is 5.91 Å². The van der Waals surface area contributed by atoms with E-state index in [1.165, 1.54) is 11.3 Å². The van der Waals surface area contributed by atoms with Gasteiger partial charge in [0, 0.05) is 10.6 Å². The van der Waals surface area contributed by atoms with Crippen molar-refractivity contribution in [2.45, 2.75) is 11.5 Å². The van der Waals surface area contributed by atoms with Crippen molar-refractivity contribution in [3.8, 4) is 0 Å². The van der Waals surface area contributed by atoms with Crippen LogP contribution in [0.2, 0.25) is 0 Å². The number of carbonyl (C=O) groups is 2. The van der Waals surface area contributed by atoms with Gasteiger partial charge in [0.15, 0.2) is 0 Å². The van der Waals surface area contributed by atoms with E-state index in [2.05, 4.69) is 5.32 Å². The highest BCUT2D eigenvalue weighted by Crippen LogP contribution is 2.17. The lowest BCUT2D eigenvalue weighted by atomic mass is 10.2. The van der Waals surface area contributed by atoms with Crippen LogP contribution in [0.3, 0.4) is 0 Å². The van der Waals surface area contributed by atoms with Crippen LogP contribution in [-0.2, 0) is 11.3 Å². The third-order valence-electron chi connectivity index (χ3n) is 3.63. The summed E-state index contributed by atoms with van der Waals surface area (Å²) in [7, 11) is 0. The number of amides is 1. The lowest BCUT2D eigenvalue weighted by molar-refractivity contribution is 0.0472. The average Bonchev–Trinajstić information content (AvgIpc) is 3.22. The van der Waals surface area contributed by atoms with E-state index in [0.717, 1.165) is 10.5 Å². The third kappa shape index (κ3) is 4.74. The number of anilines is 1. The number of nitrogens with one attached hydrogen (secondary N) is 1. The molecule has 1 aromatic heterocycles. The van der Waals surface area contributed by atoms with Crippen molar-refractivity contribution in [3.05, 3.63) is 82.0 Å². The molecule has 2 aromatic carbocycles. The first-order chi connectivity index (χ1) is 12.7. The highest BCUT2D eigenvalue weighted by atomic mass is 32.2. The molecule has 0 aliphatic carbocycles. The van der Waals surface area contributed by atoms with Crippen molar-refractivity contribution in [2.24, 2.45) is 0 Å². The Balaban J connectivity index is 1.61. The molecule has 0 bridgehead atoms. The van der Waals surface area contributed by atoms with E-state index in [-0.39, 0.29) is 12.5 Å². The van der Waals surface area contributed by atoms with E-state index in [0.29, 0.717) is 16.1 Å². The molecule has 0 aliphatic rings. The molecule has 132 valence electrons. The first kappa shape index (κ1) is 18.2. The molecule has 1 N–H and O–H groups in total. The van der Waals surface area contributed by atoms with E-state index in [1.807, 2.05) is 42.0 Å². The molecule has 3 aromatic rings. The molecule has 3 rings (SSSR count). The first-order valence-electron chi connectivity index (χ1n) is 7.90. The molecule has 0 saturated carbocycles. The number of esters is 1. The van der Waals surface area contributed by atoms with Gasteiger partial charge in [-0.05, 0) is 53.6 Å². The van der Waals surface area contributed by atoms with E-state index in [1.54, 1.807) is 42.1 Å². The van der Waals surface area contributed by atoms with Crippen LogP contribution in [0, 0.1) is 0 Å². The van der Waals surface area contributed by atoms with Crippen LogP contribution in [0.15, 0.2) is 70.9 Å². The minimum Gasteiger partial charge on any atom is -0.457 e. The summed E-state index contributed by atoms with van der Waals surface area (Å²) in [6.07, 6.45) is 2.01. The molecular formula is C20H17NO3S2. The zero-order valence-corrected chi connectivity index (χ0v) is 15.7. The number of thiophene rings is 1. The molecule has 0 saturated heterocycles. The summed E-state index contributed by atoms with van der Waals surface area (Å²) in [5, 5.41) is 4.63. The van der Waals surface area contributed by atoms with Crippen LogP contribution in [0.5, 0.6) is 0 Å². The van der Waals surface area contributed by atoms with Gasteiger partial charge in [0.2, 0.25) is 0 Å². The molecule has 4 nitrogen and oxygen atoms in total. The molecule has 26 heavy (non-hydrogen) atoms. The van der Waals surface area contributed by atoms with Gasteiger partial charge < -0.3 is 10.1 Å². The molecular weight excluding hydrogens is 366 g/mol. The van der Waals surface area contributed by atoms with Gasteiger partial charge >= 0.3 is 5.97 Å². The van der Waals surface area contributed by atoms with Gasteiger partial charge in [0.05, 0.1) is 10.4 Å². The Morgan fingerprint density at radius 3 is 2.58 bits per heavy atom. The predicted molar refractivity (Wildman–Crippen MR) is 106 cm³/mol. The summed E-state index contributed by atoms with van der Waals surface area (Å²) in [5.74, 6) is -0.620. The van der Waals surface area contributed by atoms with Gasteiger partial charge in [-0.1, -0.05) is 24.3 Å². The van der Waals surface area contributed by atoms with Crippen molar-refractivity contribution < 1.29 is 14.3 Å². The number of rotatable bonds is 6. The number of hydrogen-bond acceptors (Lipinski definition) is 5. The normalized spacial score (nSPS) is 10.3. The third-order valence-corrected chi connectivity index (χ3v) is 5.24. The van der Waals surface area contributed by atoms with E-state index in [9.17, 15) is 9.59 Å². The maximum Gasteiger partial charge on any atom is 0.338 e. The Morgan fingerprint density at radius 1 is 1.08 bits per heavy atom. The Kier molecular flexibility index (Phi) is 6.09. The van der Waals surface area contributed by atoms with E-state index in [4.69, 9.17) is 4.74 Å². The fourth-order valence-corrected chi connectivity index (χ4v) is 3.31. The largest absolute Gasteiger partial charge is 0.457 e. The summed E-state index contributed by atoms with van der Waals surface area (Å²) >= 11 is 3.03. The Morgan fingerprint density at radius 2 is 1.88 bits per heavy atom. The quantitative estimate of drug-likeness (QED) is 0.476. The topological polar surface area (TPSA) is 55.4 Å². The Labute approximate surface area is 160 Å². The van der Waals surface area contributed by atoms with Crippen LogP contribution in [0.4, 0.5) is 5.69 Å². The van der Waals surface area contributed by atoms with E-state index < -0.39 is 5.97 Å². The van der Waals surface area contributed by atoms with Crippen molar-refractivity contribution >= 4 is 40.7 Å². The first-order valence-corrected chi connectivity index (χ1v) is 10.0. The van der Waals surface area contributed by atoms with Crippen LogP contribution < -0.4 is 5.32 Å². The SMILES string of the molecule is CSc1ccc(COC(=O)c2cccc(NC(=O)c3cccs3)c2)cc1. The number of thioether (sulfide) groups is 1. The zero-order chi connectivity index (χ0) is 18.4. The number of benzene rings is 2. The van der Waals surface area contributed by atoms with Gasteiger partial charge in [-0.2, -0.15) is 0 Å². The summed E-state index contributed by atoms with van der Waals surface area (Å²) in [6.45, 7) is 0.208. The number of carbonyl (C=O) groups excluding carboxylic acids is 2. The Hall–Kier alpha value is -2.57. The maximum absolute atomic E-state index is 12.3. The Bertz CT molecular complexity index is 890. The molecule has 0 unspecified atom stereocenters. The van der Waals surface area contributed by atoms with E-state index >= 15 is 0 Å². The van der Waals surface area contributed by atoms with Crippen LogP contribution >= 0.6 is 23.1 Å². The highest BCUT2D eigenvalue weighted by Gasteiger charge is 2.11. The van der Waals surface area contributed by atoms with Crippen molar-refractivity contribution in [2.75, 3.05) is 11.6 Å². The van der Waals surface area contributed by atoms with Gasteiger partial charge in [-0.3, -0.25) is 4.79 Å². The standard InChI is InChI=1S/C20H17NO3S2/c1-25-17-9-7-14(8-10-17)13-24-20(23)15-4-2-5-16(12-15)21-19(22)18-6-3-11-26-18/h2-12H,13H2,1H3,(H,21,22). The van der Waals surface area contributed by atoms with Gasteiger partial charge in [-0.15, -0.1) is 23.1 Å². The summed E-state index contributed by atoms with van der Waals surface area (Å²) in [5.41, 5.74) is 1.88. The monoisotopic (exact) mass is 383 g/mol. The fraction of sp³-hybridized carbons (Fsp3) is 0.100. The number of ether oxygens (including phenoxy) is 1. The van der Waals surface area contributed by atoms with Gasteiger partial charge in [0.1, 0.15) is 6.61 Å². The average molecular weight is 383 g/mol.